The van der Waals surface area contributed by atoms with Gasteiger partial charge in [-0.1, -0.05) is 0 Å². The molecular formula is C10H5F12N3O2. The molecule has 3 heterocycles. The average molecular weight is 427 g/mol. The van der Waals surface area contributed by atoms with Crippen molar-refractivity contribution in [1.82, 2.24) is 9.91 Å². The summed E-state index contributed by atoms with van der Waals surface area (Å²) >= 11 is 0. The van der Waals surface area contributed by atoms with Crippen LogP contribution in [0.4, 0.5) is 52.7 Å². The molecule has 0 aromatic heterocycles. The van der Waals surface area contributed by atoms with Gasteiger partial charge in [0.05, 0.1) is 13.1 Å². The molecule has 0 aromatic carbocycles. The largest absolute Gasteiger partial charge is 0.428 e. The predicted octanol–water partition coefficient (Wildman–Crippen LogP) is 2.95. The highest BCUT2D eigenvalue weighted by molar-refractivity contribution is 5.59. The number of halogens is 12. The number of ether oxygens (including phenoxy) is 2. The number of hydrazone groups is 1. The molecule has 3 aliphatic heterocycles. The quantitative estimate of drug-likeness (QED) is 0.558. The van der Waals surface area contributed by atoms with Crippen LogP contribution in [0.15, 0.2) is 5.10 Å². The first-order valence-corrected chi connectivity index (χ1v) is 6.59. The second kappa shape index (κ2) is 4.84. The van der Waals surface area contributed by atoms with Gasteiger partial charge in [-0.2, -0.15) is 57.8 Å². The fourth-order valence-corrected chi connectivity index (χ4v) is 2.82. The average Bonchev–Trinajstić information content (AvgIpc) is 2.98. The molecule has 0 saturated carbocycles. The van der Waals surface area contributed by atoms with Crippen molar-refractivity contribution in [2.75, 3.05) is 13.1 Å². The van der Waals surface area contributed by atoms with E-state index in [-0.39, 0.29) is 11.2 Å². The summed E-state index contributed by atoms with van der Waals surface area (Å²) in [6.45, 7) is -4.48. The minimum Gasteiger partial charge on any atom is -0.286 e. The molecule has 0 aliphatic carbocycles. The number of hydrogen-bond donors (Lipinski definition) is 0. The second-order valence-electron chi connectivity index (χ2n) is 5.81. The van der Waals surface area contributed by atoms with E-state index in [1.54, 1.807) is 0 Å². The lowest BCUT2D eigenvalue weighted by molar-refractivity contribution is -0.454. The molecule has 3 rings (SSSR count). The third-order valence-corrected chi connectivity index (χ3v) is 4.23. The zero-order chi connectivity index (χ0) is 20.9. The molecule has 5 nitrogen and oxygen atoms in total. The standard InChI is InChI=1S/C10H5F12N3O2/c11-6(12,13)4(7(14,15)16)1-24-3-23-25-2-5(8(17,18)19,9(20,21)22)27-10(24,25)26-4/h3H,1-2H2. The molecule has 0 aromatic rings. The van der Waals surface area contributed by atoms with Crippen molar-refractivity contribution in [3.05, 3.63) is 0 Å². The Morgan fingerprint density at radius 3 is 1.41 bits per heavy atom. The van der Waals surface area contributed by atoms with E-state index in [0.29, 0.717) is 0 Å². The van der Waals surface area contributed by atoms with Crippen molar-refractivity contribution >= 4 is 6.34 Å². The lowest BCUT2D eigenvalue weighted by atomic mass is 10.0. The van der Waals surface area contributed by atoms with Crippen LogP contribution in [-0.2, 0) is 9.47 Å². The Hall–Kier alpha value is -1.65. The third kappa shape index (κ3) is 2.26. The van der Waals surface area contributed by atoms with Gasteiger partial charge in [0.2, 0.25) is 0 Å². The molecule has 156 valence electrons. The maximum Gasteiger partial charge on any atom is 0.428 e. The van der Waals surface area contributed by atoms with Crippen molar-refractivity contribution in [1.29, 1.82) is 0 Å². The van der Waals surface area contributed by atoms with E-state index < -0.39 is 60.0 Å². The number of nitrogens with zero attached hydrogens (tertiary/aromatic N) is 3. The van der Waals surface area contributed by atoms with Gasteiger partial charge in [0, 0.05) is 0 Å². The second-order valence-corrected chi connectivity index (χ2v) is 5.81. The van der Waals surface area contributed by atoms with Crippen molar-refractivity contribution in [2.24, 2.45) is 5.10 Å². The lowest BCUT2D eigenvalue weighted by Crippen LogP contribution is -2.62. The number of rotatable bonds is 0. The van der Waals surface area contributed by atoms with Crippen LogP contribution in [0.2, 0.25) is 0 Å². The van der Waals surface area contributed by atoms with Crippen LogP contribution < -0.4 is 0 Å². The first-order valence-electron chi connectivity index (χ1n) is 6.59. The van der Waals surface area contributed by atoms with Crippen LogP contribution in [0.3, 0.4) is 0 Å². The molecule has 0 N–H and O–H groups in total. The summed E-state index contributed by atoms with van der Waals surface area (Å²) in [5.41, 5.74) is -10.2. The van der Waals surface area contributed by atoms with Crippen LogP contribution in [0.25, 0.3) is 0 Å². The summed E-state index contributed by atoms with van der Waals surface area (Å²) in [5, 5.41) is 2.58. The van der Waals surface area contributed by atoms with Crippen LogP contribution in [-0.4, -0.2) is 71.3 Å². The molecule has 1 spiro atoms. The molecule has 1 atom stereocenters. The minimum atomic E-state index is -6.25. The fourth-order valence-electron chi connectivity index (χ4n) is 2.82. The zero-order valence-corrected chi connectivity index (χ0v) is 12.2. The lowest BCUT2D eigenvalue weighted by Gasteiger charge is -2.36. The Kier molecular flexibility index (Phi) is 3.61. The van der Waals surface area contributed by atoms with Crippen molar-refractivity contribution in [3.8, 4) is 0 Å². The van der Waals surface area contributed by atoms with Crippen LogP contribution in [0.5, 0.6) is 0 Å². The Labute approximate surface area is 140 Å². The highest BCUT2D eigenvalue weighted by Crippen LogP contribution is 2.61. The minimum absolute atomic E-state index is 0.176. The van der Waals surface area contributed by atoms with Gasteiger partial charge in [-0.25, -0.2) is 5.01 Å². The van der Waals surface area contributed by atoms with Gasteiger partial charge in [0.15, 0.2) is 0 Å². The molecule has 0 amide bonds. The van der Waals surface area contributed by atoms with Gasteiger partial charge in [-0.3, -0.25) is 14.4 Å². The van der Waals surface area contributed by atoms with Crippen molar-refractivity contribution < 1.29 is 62.2 Å². The molecule has 3 aliphatic rings. The van der Waals surface area contributed by atoms with Gasteiger partial charge in [0.25, 0.3) is 11.2 Å². The summed E-state index contributed by atoms with van der Waals surface area (Å²) in [6, 6.07) is -3.82. The highest BCUT2D eigenvalue weighted by Gasteiger charge is 2.88. The first-order chi connectivity index (χ1) is 11.8. The molecule has 1 unspecified atom stereocenters. The van der Waals surface area contributed by atoms with Crippen LogP contribution >= 0.6 is 0 Å². The maximum atomic E-state index is 13.1. The summed E-state index contributed by atoms with van der Waals surface area (Å²) in [4.78, 5) is -0.257. The van der Waals surface area contributed by atoms with Gasteiger partial charge < -0.3 is 0 Å². The molecule has 17 heteroatoms. The van der Waals surface area contributed by atoms with E-state index in [1.165, 1.54) is 0 Å². The van der Waals surface area contributed by atoms with Crippen molar-refractivity contribution in [3.63, 3.8) is 0 Å². The Balaban J connectivity index is 2.13. The van der Waals surface area contributed by atoms with Gasteiger partial charge in [0.1, 0.15) is 6.34 Å². The number of hydrogen-bond acceptors (Lipinski definition) is 5. The SMILES string of the molecule is FC(F)(F)C1(C(F)(F)F)CN2C=NN3CC(C(F)(F)F)(C(F)(F)F)OC23O1. The molecule has 2 saturated heterocycles. The molecule has 0 bridgehead atoms. The highest BCUT2D eigenvalue weighted by atomic mass is 19.4. The molecule has 0 radical (unpaired) electrons. The number of alkyl halides is 12. The predicted molar refractivity (Wildman–Crippen MR) is 56.5 cm³/mol. The van der Waals surface area contributed by atoms with Crippen LogP contribution in [0, 0.1) is 0 Å². The zero-order valence-electron chi connectivity index (χ0n) is 12.2. The van der Waals surface area contributed by atoms with E-state index in [2.05, 4.69) is 14.6 Å². The van der Waals surface area contributed by atoms with Gasteiger partial charge in [-0.05, 0) is 0 Å². The summed E-state index contributed by atoms with van der Waals surface area (Å²) < 4.78 is 165. The summed E-state index contributed by atoms with van der Waals surface area (Å²) in [5.74, 6) is 0. The van der Waals surface area contributed by atoms with Gasteiger partial charge in [-0.15, -0.1) is 0 Å². The normalized spacial score (nSPS) is 30.1. The van der Waals surface area contributed by atoms with Gasteiger partial charge >= 0.3 is 30.7 Å². The molecule has 27 heavy (non-hydrogen) atoms. The fraction of sp³-hybridized carbons (Fsp3) is 0.900. The van der Waals surface area contributed by atoms with E-state index in [4.69, 9.17) is 0 Å². The topological polar surface area (TPSA) is 37.3 Å². The maximum absolute atomic E-state index is 13.1. The molecule has 2 fully saturated rings. The van der Waals surface area contributed by atoms with E-state index >= 15 is 0 Å². The third-order valence-electron chi connectivity index (χ3n) is 4.23. The van der Waals surface area contributed by atoms with Crippen molar-refractivity contribution in [2.45, 2.75) is 41.9 Å². The molecular weight excluding hydrogens is 422 g/mol. The van der Waals surface area contributed by atoms with E-state index in [9.17, 15) is 52.7 Å². The Morgan fingerprint density at radius 2 is 1.04 bits per heavy atom. The van der Waals surface area contributed by atoms with E-state index in [1.807, 2.05) is 0 Å². The Bertz CT molecular complexity index is 578. The summed E-state index contributed by atoms with van der Waals surface area (Å²) in [6.07, 6.45) is -24.8. The summed E-state index contributed by atoms with van der Waals surface area (Å²) in [7, 11) is 0. The smallest absolute Gasteiger partial charge is 0.286 e. The monoisotopic (exact) mass is 427 g/mol. The first kappa shape index (κ1) is 20.1. The van der Waals surface area contributed by atoms with E-state index in [0.717, 1.165) is 0 Å². The Morgan fingerprint density at radius 1 is 0.667 bits per heavy atom. The van der Waals surface area contributed by atoms with Crippen LogP contribution in [0.1, 0.15) is 0 Å².